The molecular formula is C13H12F3N3. The molecule has 100 valence electrons. The molecule has 6 heteroatoms. The summed E-state index contributed by atoms with van der Waals surface area (Å²) in [5, 5.41) is 5.67. The summed E-state index contributed by atoms with van der Waals surface area (Å²) in [4.78, 5) is 4.05. The minimum Gasteiger partial charge on any atom is -0.370 e. The summed E-state index contributed by atoms with van der Waals surface area (Å²) in [6.07, 6.45) is 1.53. The molecular weight excluding hydrogens is 255 g/mol. The van der Waals surface area contributed by atoms with Gasteiger partial charge in [0.1, 0.15) is 11.6 Å². The highest BCUT2D eigenvalue weighted by molar-refractivity contribution is 5.62. The molecule has 0 aliphatic rings. The van der Waals surface area contributed by atoms with Crippen LogP contribution in [0.2, 0.25) is 0 Å². The summed E-state index contributed by atoms with van der Waals surface area (Å²) < 4.78 is 39.3. The first-order valence-electron chi connectivity index (χ1n) is 5.71. The molecule has 0 unspecified atom stereocenters. The van der Waals surface area contributed by atoms with E-state index in [1.807, 2.05) is 6.92 Å². The van der Waals surface area contributed by atoms with Crippen molar-refractivity contribution >= 4 is 17.2 Å². The van der Waals surface area contributed by atoms with Crippen LogP contribution < -0.4 is 10.6 Å². The number of nitrogens with zero attached hydrogens (tertiary/aromatic N) is 1. The van der Waals surface area contributed by atoms with Crippen molar-refractivity contribution in [2.45, 2.75) is 6.92 Å². The van der Waals surface area contributed by atoms with Crippen LogP contribution in [0.5, 0.6) is 0 Å². The summed E-state index contributed by atoms with van der Waals surface area (Å²) in [6.45, 7) is 2.60. The maximum Gasteiger partial charge on any atom is 0.161 e. The summed E-state index contributed by atoms with van der Waals surface area (Å²) in [5.74, 6) is -2.58. The van der Waals surface area contributed by atoms with Gasteiger partial charge in [-0.05, 0) is 13.0 Å². The van der Waals surface area contributed by atoms with Gasteiger partial charge in [-0.1, -0.05) is 0 Å². The molecule has 1 aromatic heterocycles. The van der Waals surface area contributed by atoms with Gasteiger partial charge in [0.25, 0.3) is 0 Å². The topological polar surface area (TPSA) is 37.0 Å². The van der Waals surface area contributed by atoms with E-state index in [1.54, 1.807) is 12.1 Å². The summed E-state index contributed by atoms with van der Waals surface area (Å²) >= 11 is 0. The summed E-state index contributed by atoms with van der Waals surface area (Å²) in [6, 6.07) is 4.52. The van der Waals surface area contributed by atoms with Gasteiger partial charge in [0, 0.05) is 36.6 Å². The number of aromatic nitrogens is 1. The molecule has 2 N–H and O–H groups in total. The van der Waals surface area contributed by atoms with E-state index in [-0.39, 0.29) is 5.69 Å². The van der Waals surface area contributed by atoms with E-state index in [0.717, 1.165) is 6.07 Å². The highest BCUT2D eigenvalue weighted by Gasteiger charge is 2.10. The number of nitrogens with one attached hydrogen (secondary N) is 2. The van der Waals surface area contributed by atoms with Gasteiger partial charge in [-0.25, -0.2) is 18.2 Å². The Balaban J connectivity index is 2.25. The van der Waals surface area contributed by atoms with Gasteiger partial charge < -0.3 is 10.6 Å². The van der Waals surface area contributed by atoms with Crippen molar-refractivity contribution in [2.24, 2.45) is 0 Å². The van der Waals surface area contributed by atoms with Crippen LogP contribution in [0.25, 0.3) is 0 Å². The second kappa shape index (κ2) is 5.60. The second-order valence-electron chi connectivity index (χ2n) is 3.83. The van der Waals surface area contributed by atoms with Crippen molar-refractivity contribution in [3.8, 4) is 0 Å². The number of pyridine rings is 1. The smallest absolute Gasteiger partial charge is 0.161 e. The van der Waals surface area contributed by atoms with Crippen molar-refractivity contribution in [2.75, 3.05) is 17.2 Å². The number of hydrogen-bond donors (Lipinski definition) is 2. The molecule has 3 nitrogen and oxygen atoms in total. The van der Waals surface area contributed by atoms with E-state index in [1.165, 1.54) is 6.20 Å². The first-order chi connectivity index (χ1) is 9.10. The Morgan fingerprint density at radius 3 is 2.53 bits per heavy atom. The Kier molecular flexibility index (Phi) is 3.89. The molecule has 0 fully saturated rings. The third-order valence-corrected chi connectivity index (χ3v) is 2.41. The molecule has 0 radical (unpaired) electrons. The van der Waals surface area contributed by atoms with Gasteiger partial charge in [-0.3, -0.25) is 0 Å². The van der Waals surface area contributed by atoms with Crippen LogP contribution in [0.3, 0.4) is 0 Å². The number of benzene rings is 1. The molecule has 0 aliphatic heterocycles. The molecule has 1 heterocycles. The summed E-state index contributed by atoms with van der Waals surface area (Å²) in [5.41, 5.74) is 0.392. The van der Waals surface area contributed by atoms with Crippen molar-refractivity contribution < 1.29 is 13.2 Å². The average molecular weight is 267 g/mol. The predicted molar refractivity (Wildman–Crippen MR) is 68.0 cm³/mol. The zero-order valence-electron chi connectivity index (χ0n) is 10.2. The molecule has 1 aromatic carbocycles. The van der Waals surface area contributed by atoms with Crippen LogP contribution >= 0.6 is 0 Å². The molecule has 0 bridgehead atoms. The van der Waals surface area contributed by atoms with Gasteiger partial charge in [0.2, 0.25) is 0 Å². The lowest BCUT2D eigenvalue weighted by Gasteiger charge is -2.09. The third-order valence-electron chi connectivity index (χ3n) is 2.41. The Morgan fingerprint density at radius 2 is 1.79 bits per heavy atom. The maximum atomic E-state index is 13.5. The number of anilines is 3. The van der Waals surface area contributed by atoms with Gasteiger partial charge in [-0.2, -0.15) is 0 Å². The maximum absolute atomic E-state index is 13.5. The fourth-order valence-electron chi connectivity index (χ4n) is 1.56. The van der Waals surface area contributed by atoms with E-state index in [2.05, 4.69) is 15.6 Å². The van der Waals surface area contributed by atoms with E-state index in [4.69, 9.17) is 0 Å². The van der Waals surface area contributed by atoms with Gasteiger partial charge in [0.05, 0.1) is 5.69 Å². The molecule has 0 atom stereocenters. The van der Waals surface area contributed by atoms with E-state index in [9.17, 15) is 13.2 Å². The average Bonchev–Trinajstić information content (AvgIpc) is 2.37. The van der Waals surface area contributed by atoms with Crippen molar-refractivity contribution in [3.05, 3.63) is 47.9 Å². The van der Waals surface area contributed by atoms with Crippen molar-refractivity contribution in [1.82, 2.24) is 4.98 Å². The second-order valence-corrected chi connectivity index (χ2v) is 3.83. The number of halogens is 3. The zero-order valence-corrected chi connectivity index (χ0v) is 10.2. The van der Waals surface area contributed by atoms with Crippen LogP contribution in [0.4, 0.5) is 30.4 Å². The van der Waals surface area contributed by atoms with Crippen LogP contribution in [-0.4, -0.2) is 11.5 Å². The zero-order chi connectivity index (χ0) is 13.8. The summed E-state index contributed by atoms with van der Waals surface area (Å²) in [7, 11) is 0. The van der Waals surface area contributed by atoms with E-state index in [0.29, 0.717) is 24.1 Å². The molecule has 2 aromatic rings. The normalized spacial score (nSPS) is 10.3. The number of hydrogen-bond acceptors (Lipinski definition) is 3. The van der Waals surface area contributed by atoms with E-state index >= 15 is 0 Å². The first-order valence-corrected chi connectivity index (χ1v) is 5.71. The Hall–Kier alpha value is -2.24. The predicted octanol–water partition coefficient (Wildman–Crippen LogP) is 3.67. The minimum atomic E-state index is -1.22. The third kappa shape index (κ3) is 3.15. The van der Waals surface area contributed by atoms with Crippen LogP contribution in [0, 0.1) is 17.5 Å². The fraction of sp³-hybridized carbons (Fsp3) is 0.154. The van der Waals surface area contributed by atoms with Crippen molar-refractivity contribution in [1.29, 1.82) is 0 Å². The molecule has 0 spiro atoms. The molecule has 0 aliphatic carbocycles. The van der Waals surface area contributed by atoms with Crippen LogP contribution in [-0.2, 0) is 0 Å². The number of rotatable bonds is 4. The van der Waals surface area contributed by atoms with E-state index < -0.39 is 17.5 Å². The fourth-order valence-corrected chi connectivity index (χ4v) is 1.56. The van der Waals surface area contributed by atoms with Crippen LogP contribution in [0.15, 0.2) is 30.5 Å². The quantitative estimate of drug-likeness (QED) is 0.830. The highest BCUT2D eigenvalue weighted by Crippen LogP contribution is 2.23. The Labute approximate surface area is 108 Å². The van der Waals surface area contributed by atoms with Crippen LogP contribution in [0.1, 0.15) is 6.92 Å². The highest BCUT2D eigenvalue weighted by atomic mass is 19.2. The minimum absolute atomic E-state index is 0.132. The first kappa shape index (κ1) is 13.2. The Morgan fingerprint density at radius 1 is 1.05 bits per heavy atom. The monoisotopic (exact) mass is 267 g/mol. The largest absolute Gasteiger partial charge is 0.370 e. The lowest BCUT2D eigenvalue weighted by Crippen LogP contribution is -2.01. The van der Waals surface area contributed by atoms with Gasteiger partial charge in [0.15, 0.2) is 11.6 Å². The lowest BCUT2D eigenvalue weighted by molar-refractivity contribution is 0.496. The Bertz CT molecular complexity index is 587. The van der Waals surface area contributed by atoms with Gasteiger partial charge in [-0.15, -0.1) is 0 Å². The SMILES string of the molecule is CCNc1cc(Nc2cc(F)c(F)cc2F)ccn1. The van der Waals surface area contributed by atoms with Gasteiger partial charge >= 0.3 is 0 Å². The molecule has 2 rings (SSSR count). The van der Waals surface area contributed by atoms with Crippen molar-refractivity contribution in [3.63, 3.8) is 0 Å². The lowest BCUT2D eigenvalue weighted by atomic mass is 10.2. The molecule has 0 saturated carbocycles. The molecule has 0 saturated heterocycles. The standard InChI is InChI=1S/C13H12F3N3/c1-2-17-13-5-8(3-4-18-13)19-12-7-10(15)9(14)6-11(12)16/h3-7H,2H2,1H3,(H2,17,18,19). The molecule has 0 amide bonds. The molecule has 19 heavy (non-hydrogen) atoms.